The third-order valence-corrected chi connectivity index (χ3v) is 4.54. The molecule has 0 radical (unpaired) electrons. The molecule has 0 aliphatic carbocycles. The minimum absolute atomic E-state index is 0.00118. The molecular weight excluding hydrogens is 310 g/mol. The summed E-state index contributed by atoms with van der Waals surface area (Å²) in [5.74, 6) is -0.0319. The van der Waals surface area contributed by atoms with Crippen LogP contribution in [0, 0.1) is 15.5 Å². The predicted molar refractivity (Wildman–Crippen MR) is 90.8 cm³/mol. The summed E-state index contributed by atoms with van der Waals surface area (Å²) in [6, 6.07) is 6.43. The number of nitrogens with one attached hydrogen (secondary N) is 2. The molecule has 1 heterocycles. The highest BCUT2D eigenvalue weighted by atomic mass is 16.6. The van der Waals surface area contributed by atoms with Gasteiger partial charge in [0.1, 0.15) is 0 Å². The molecule has 1 fully saturated rings. The molecule has 24 heavy (non-hydrogen) atoms. The highest BCUT2D eigenvalue weighted by Crippen LogP contribution is 2.28. The average Bonchev–Trinajstić information content (AvgIpc) is 2.59. The third kappa shape index (κ3) is 5.28. The number of rotatable bonds is 8. The Morgan fingerprint density at radius 1 is 1.42 bits per heavy atom. The summed E-state index contributed by atoms with van der Waals surface area (Å²) in [6.07, 6.45) is 2.77. The number of nitro benzene ring substituents is 1. The number of ether oxygens (including phenoxy) is 1. The molecule has 7 heteroatoms. The molecule has 0 bridgehead atoms. The Kier molecular flexibility index (Phi) is 6.69. The first-order valence-electron chi connectivity index (χ1n) is 8.24. The largest absolute Gasteiger partial charge is 0.384 e. The number of carbonyl (C=O) groups excluding carboxylic acids is 1. The molecule has 0 unspecified atom stereocenters. The minimum Gasteiger partial charge on any atom is -0.384 e. The lowest BCUT2D eigenvalue weighted by molar-refractivity contribution is -0.384. The SMILES string of the molecule is COCC1(CNC(=O)CCc2cccc([N+](=O)[O-])c2)CCNCC1. The van der Waals surface area contributed by atoms with Crippen LogP contribution in [-0.4, -0.2) is 44.2 Å². The normalized spacial score (nSPS) is 16.5. The van der Waals surface area contributed by atoms with E-state index in [-0.39, 0.29) is 17.0 Å². The Labute approximate surface area is 141 Å². The van der Waals surface area contributed by atoms with Crippen molar-refractivity contribution >= 4 is 11.6 Å². The number of methoxy groups -OCH3 is 1. The molecule has 2 rings (SSSR count). The monoisotopic (exact) mass is 335 g/mol. The topological polar surface area (TPSA) is 93.5 Å². The molecule has 1 aliphatic rings. The molecule has 0 saturated carbocycles. The summed E-state index contributed by atoms with van der Waals surface area (Å²) >= 11 is 0. The van der Waals surface area contributed by atoms with Crippen molar-refractivity contribution < 1.29 is 14.5 Å². The molecule has 132 valence electrons. The molecule has 7 nitrogen and oxygen atoms in total. The van der Waals surface area contributed by atoms with Gasteiger partial charge in [-0.3, -0.25) is 14.9 Å². The average molecular weight is 335 g/mol. The summed E-state index contributed by atoms with van der Waals surface area (Å²) in [6.45, 7) is 3.12. The van der Waals surface area contributed by atoms with Crippen molar-refractivity contribution in [1.82, 2.24) is 10.6 Å². The fourth-order valence-corrected chi connectivity index (χ4v) is 3.09. The van der Waals surface area contributed by atoms with Crippen molar-refractivity contribution in [2.24, 2.45) is 5.41 Å². The highest BCUT2D eigenvalue weighted by molar-refractivity contribution is 5.76. The van der Waals surface area contributed by atoms with E-state index in [0.717, 1.165) is 31.5 Å². The molecular formula is C17H25N3O4. The number of hydrogen-bond acceptors (Lipinski definition) is 5. The minimum atomic E-state index is -0.421. The number of nitro groups is 1. The first-order valence-corrected chi connectivity index (χ1v) is 8.24. The Morgan fingerprint density at radius 2 is 2.17 bits per heavy atom. The number of carbonyl (C=O) groups is 1. The van der Waals surface area contributed by atoms with E-state index in [9.17, 15) is 14.9 Å². The van der Waals surface area contributed by atoms with Gasteiger partial charge in [-0.2, -0.15) is 0 Å². The maximum atomic E-state index is 12.1. The number of nitrogens with zero attached hydrogens (tertiary/aromatic N) is 1. The zero-order valence-corrected chi connectivity index (χ0v) is 14.0. The van der Waals surface area contributed by atoms with Crippen molar-refractivity contribution in [2.75, 3.05) is 33.4 Å². The van der Waals surface area contributed by atoms with Crippen molar-refractivity contribution in [2.45, 2.75) is 25.7 Å². The van der Waals surface area contributed by atoms with Crippen LogP contribution in [0.5, 0.6) is 0 Å². The van der Waals surface area contributed by atoms with Crippen LogP contribution in [0.1, 0.15) is 24.8 Å². The number of hydrogen-bond donors (Lipinski definition) is 2. The Hall–Kier alpha value is -1.99. The number of aryl methyl sites for hydroxylation is 1. The summed E-state index contributed by atoms with van der Waals surface area (Å²) in [7, 11) is 1.69. The second kappa shape index (κ2) is 8.75. The van der Waals surface area contributed by atoms with E-state index >= 15 is 0 Å². The number of non-ortho nitro benzene ring substituents is 1. The van der Waals surface area contributed by atoms with Gasteiger partial charge in [-0.15, -0.1) is 0 Å². The first kappa shape index (κ1) is 18.4. The van der Waals surface area contributed by atoms with Gasteiger partial charge in [0.2, 0.25) is 5.91 Å². The Morgan fingerprint density at radius 3 is 2.83 bits per heavy atom. The van der Waals surface area contributed by atoms with Gasteiger partial charge in [-0.05, 0) is 37.9 Å². The molecule has 0 aromatic heterocycles. The maximum Gasteiger partial charge on any atom is 0.269 e. The molecule has 1 saturated heterocycles. The quantitative estimate of drug-likeness (QED) is 0.557. The van der Waals surface area contributed by atoms with Crippen LogP contribution in [0.4, 0.5) is 5.69 Å². The van der Waals surface area contributed by atoms with Gasteiger partial charge in [-0.1, -0.05) is 12.1 Å². The van der Waals surface area contributed by atoms with E-state index in [0.29, 0.717) is 26.0 Å². The van der Waals surface area contributed by atoms with Crippen LogP contribution in [0.3, 0.4) is 0 Å². The molecule has 1 amide bonds. The van der Waals surface area contributed by atoms with Gasteiger partial charge in [0.25, 0.3) is 5.69 Å². The van der Waals surface area contributed by atoms with Crippen molar-refractivity contribution in [1.29, 1.82) is 0 Å². The number of benzene rings is 1. The second-order valence-corrected chi connectivity index (χ2v) is 6.39. The van der Waals surface area contributed by atoms with Gasteiger partial charge in [0.15, 0.2) is 0 Å². The van der Waals surface area contributed by atoms with E-state index < -0.39 is 4.92 Å². The van der Waals surface area contributed by atoms with E-state index in [1.807, 2.05) is 0 Å². The van der Waals surface area contributed by atoms with Gasteiger partial charge in [0.05, 0.1) is 11.5 Å². The third-order valence-electron chi connectivity index (χ3n) is 4.54. The highest BCUT2D eigenvalue weighted by Gasteiger charge is 2.32. The lowest BCUT2D eigenvalue weighted by atomic mass is 9.79. The van der Waals surface area contributed by atoms with Crippen molar-refractivity contribution in [3.63, 3.8) is 0 Å². The van der Waals surface area contributed by atoms with Gasteiger partial charge < -0.3 is 15.4 Å². The second-order valence-electron chi connectivity index (χ2n) is 6.39. The fourth-order valence-electron chi connectivity index (χ4n) is 3.09. The lowest BCUT2D eigenvalue weighted by Crippen LogP contribution is -2.47. The van der Waals surface area contributed by atoms with Gasteiger partial charge >= 0.3 is 0 Å². The zero-order chi connectivity index (χ0) is 17.4. The van der Waals surface area contributed by atoms with E-state index in [1.165, 1.54) is 12.1 Å². The molecule has 0 spiro atoms. The van der Waals surface area contributed by atoms with Crippen molar-refractivity contribution in [3.05, 3.63) is 39.9 Å². The Bertz CT molecular complexity index is 565. The first-order chi connectivity index (χ1) is 11.5. The molecule has 0 atom stereocenters. The van der Waals surface area contributed by atoms with Crippen LogP contribution in [-0.2, 0) is 16.0 Å². The zero-order valence-electron chi connectivity index (χ0n) is 14.0. The lowest BCUT2D eigenvalue weighted by Gasteiger charge is -2.37. The number of amides is 1. The van der Waals surface area contributed by atoms with Gasteiger partial charge in [-0.25, -0.2) is 0 Å². The molecule has 1 aromatic rings. The molecule has 2 N–H and O–H groups in total. The smallest absolute Gasteiger partial charge is 0.269 e. The van der Waals surface area contributed by atoms with Crippen LogP contribution >= 0.6 is 0 Å². The number of piperidine rings is 1. The van der Waals surface area contributed by atoms with Crippen LogP contribution < -0.4 is 10.6 Å². The standard InChI is InChI=1S/C17H25N3O4/c1-24-13-17(7-9-18-10-8-17)12-19-16(21)6-5-14-3-2-4-15(11-14)20(22)23/h2-4,11,18H,5-10,12-13H2,1H3,(H,19,21). The predicted octanol–water partition coefficient (Wildman–Crippen LogP) is 1.66. The van der Waals surface area contributed by atoms with E-state index in [1.54, 1.807) is 19.2 Å². The van der Waals surface area contributed by atoms with Crippen molar-refractivity contribution in [3.8, 4) is 0 Å². The maximum absolute atomic E-state index is 12.1. The van der Waals surface area contributed by atoms with E-state index in [4.69, 9.17) is 4.74 Å². The fraction of sp³-hybridized carbons (Fsp3) is 0.588. The van der Waals surface area contributed by atoms with Gasteiger partial charge in [0, 0.05) is 37.6 Å². The van der Waals surface area contributed by atoms with Crippen LogP contribution in [0.15, 0.2) is 24.3 Å². The molecule has 1 aliphatic heterocycles. The van der Waals surface area contributed by atoms with E-state index in [2.05, 4.69) is 10.6 Å². The van der Waals surface area contributed by atoms with Crippen LogP contribution in [0.2, 0.25) is 0 Å². The van der Waals surface area contributed by atoms with Crippen LogP contribution in [0.25, 0.3) is 0 Å². The molecule has 1 aromatic carbocycles. The Balaban J connectivity index is 1.82. The summed E-state index contributed by atoms with van der Waals surface area (Å²) in [5.41, 5.74) is 0.857. The summed E-state index contributed by atoms with van der Waals surface area (Å²) in [5, 5.41) is 17.1. The summed E-state index contributed by atoms with van der Waals surface area (Å²) < 4.78 is 5.34. The summed E-state index contributed by atoms with van der Waals surface area (Å²) in [4.78, 5) is 22.5.